The maximum absolute atomic E-state index is 8.98. The molecule has 124 valence electrons. The van der Waals surface area contributed by atoms with Crippen LogP contribution in [0.1, 0.15) is 12.1 Å². The molecule has 1 saturated heterocycles. The number of likely N-dealkylation sites (N-methyl/N-ethyl adjacent to an activating group) is 1. The lowest BCUT2D eigenvalue weighted by Crippen LogP contribution is -2.35. The largest absolute Gasteiger partial charge is 0.355 e. The molecule has 8 heteroatoms. The topological polar surface area (TPSA) is 85.1 Å². The molecule has 0 aromatic carbocycles. The fraction of sp³-hybridized carbons (Fsp3) is 0.438. The normalized spacial score (nSPS) is 16.8. The van der Waals surface area contributed by atoms with Gasteiger partial charge < -0.3 is 14.7 Å². The van der Waals surface area contributed by atoms with Crippen molar-refractivity contribution >= 4 is 17.7 Å². The zero-order valence-electron chi connectivity index (χ0n) is 14.1. The third-order valence-corrected chi connectivity index (χ3v) is 4.14. The van der Waals surface area contributed by atoms with Crippen LogP contribution in [0.4, 0.5) is 17.7 Å². The van der Waals surface area contributed by atoms with E-state index in [1.807, 2.05) is 32.1 Å². The minimum absolute atomic E-state index is 0.309. The van der Waals surface area contributed by atoms with Crippen LogP contribution in [-0.4, -0.2) is 60.2 Å². The Hall–Kier alpha value is -2.95. The maximum Gasteiger partial charge on any atom is 0.226 e. The van der Waals surface area contributed by atoms with Gasteiger partial charge in [0.05, 0.1) is 0 Å². The molecule has 0 aliphatic carbocycles. The smallest absolute Gasteiger partial charge is 0.226 e. The summed E-state index contributed by atoms with van der Waals surface area (Å²) < 4.78 is 0. The molecule has 1 aliphatic heterocycles. The second-order valence-corrected chi connectivity index (χ2v) is 5.96. The standard InChI is InChI=1S/C16H20N8/c1-22(2)15-18-8-5-14(21-15)23(3)13-6-9-24(11-13)16-19-7-4-12(10-17)20-16/h4-5,7-8,13H,6,9,11H2,1-3H3. The lowest BCUT2D eigenvalue weighted by atomic mass is 10.2. The summed E-state index contributed by atoms with van der Waals surface area (Å²) >= 11 is 0. The number of anilines is 3. The predicted molar refractivity (Wildman–Crippen MR) is 92.1 cm³/mol. The Labute approximate surface area is 141 Å². The van der Waals surface area contributed by atoms with Gasteiger partial charge in [0.2, 0.25) is 11.9 Å². The third kappa shape index (κ3) is 3.20. The van der Waals surface area contributed by atoms with Crippen LogP contribution in [0, 0.1) is 11.3 Å². The van der Waals surface area contributed by atoms with E-state index in [4.69, 9.17) is 5.26 Å². The number of nitrogens with zero attached hydrogens (tertiary/aromatic N) is 8. The molecule has 8 nitrogen and oxygen atoms in total. The Kier molecular flexibility index (Phi) is 4.42. The molecule has 1 fully saturated rings. The van der Waals surface area contributed by atoms with Crippen molar-refractivity contribution in [1.29, 1.82) is 5.26 Å². The van der Waals surface area contributed by atoms with Gasteiger partial charge in [0.1, 0.15) is 17.6 Å². The fourth-order valence-electron chi connectivity index (χ4n) is 2.74. The number of nitriles is 1. The molecule has 0 bridgehead atoms. The van der Waals surface area contributed by atoms with E-state index in [1.165, 1.54) is 0 Å². The fourth-order valence-corrected chi connectivity index (χ4v) is 2.74. The molecule has 0 spiro atoms. The van der Waals surface area contributed by atoms with Gasteiger partial charge in [-0.05, 0) is 18.6 Å². The van der Waals surface area contributed by atoms with Gasteiger partial charge in [-0.2, -0.15) is 10.2 Å². The minimum Gasteiger partial charge on any atom is -0.355 e. The van der Waals surface area contributed by atoms with Crippen LogP contribution in [0.2, 0.25) is 0 Å². The molecule has 0 saturated carbocycles. The van der Waals surface area contributed by atoms with E-state index in [1.54, 1.807) is 18.5 Å². The van der Waals surface area contributed by atoms with Gasteiger partial charge in [-0.3, -0.25) is 0 Å². The van der Waals surface area contributed by atoms with E-state index in [2.05, 4.69) is 35.8 Å². The van der Waals surface area contributed by atoms with E-state index < -0.39 is 0 Å². The summed E-state index contributed by atoms with van der Waals surface area (Å²) in [5.74, 6) is 2.20. The lowest BCUT2D eigenvalue weighted by Gasteiger charge is -2.26. The Morgan fingerprint density at radius 3 is 2.71 bits per heavy atom. The van der Waals surface area contributed by atoms with Crippen molar-refractivity contribution in [2.24, 2.45) is 0 Å². The van der Waals surface area contributed by atoms with Gasteiger partial charge in [0.15, 0.2) is 0 Å². The molecule has 3 rings (SSSR count). The third-order valence-electron chi connectivity index (χ3n) is 4.14. The summed E-state index contributed by atoms with van der Waals surface area (Å²) in [5.41, 5.74) is 0.392. The number of aromatic nitrogens is 4. The van der Waals surface area contributed by atoms with Crippen LogP contribution >= 0.6 is 0 Å². The van der Waals surface area contributed by atoms with E-state index >= 15 is 0 Å². The first kappa shape index (κ1) is 15.9. The van der Waals surface area contributed by atoms with E-state index in [0.717, 1.165) is 25.3 Å². The molecule has 0 amide bonds. The summed E-state index contributed by atoms with van der Waals surface area (Å²) in [6, 6.07) is 5.90. The monoisotopic (exact) mass is 324 g/mol. The highest BCUT2D eigenvalue weighted by atomic mass is 15.3. The lowest BCUT2D eigenvalue weighted by molar-refractivity contribution is 0.682. The molecular formula is C16H20N8. The summed E-state index contributed by atoms with van der Waals surface area (Å²) in [7, 11) is 5.90. The van der Waals surface area contributed by atoms with Crippen LogP contribution in [0.5, 0.6) is 0 Å². The van der Waals surface area contributed by atoms with E-state index in [9.17, 15) is 0 Å². The minimum atomic E-state index is 0.309. The summed E-state index contributed by atoms with van der Waals surface area (Å²) in [6.07, 6.45) is 4.39. The highest BCUT2D eigenvalue weighted by molar-refractivity contribution is 5.45. The zero-order chi connectivity index (χ0) is 17.1. The molecule has 1 unspecified atom stereocenters. The van der Waals surface area contributed by atoms with Gasteiger partial charge in [-0.15, -0.1) is 0 Å². The van der Waals surface area contributed by atoms with Crippen molar-refractivity contribution in [3.05, 3.63) is 30.2 Å². The van der Waals surface area contributed by atoms with Crippen LogP contribution in [0.15, 0.2) is 24.5 Å². The van der Waals surface area contributed by atoms with Crippen molar-refractivity contribution < 1.29 is 0 Å². The van der Waals surface area contributed by atoms with Crippen molar-refractivity contribution in [3.63, 3.8) is 0 Å². The maximum atomic E-state index is 8.98. The molecule has 1 aliphatic rings. The molecule has 2 aromatic rings. The van der Waals surface area contributed by atoms with Gasteiger partial charge in [-0.25, -0.2) is 15.0 Å². The number of rotatable bonds is 4. The van der Waals surface area contributed by atoms with Gasteiger partial charge in [0, 0.05) is 52.7 Å². The van der Waals surface area contributed by atoms with Crippen molar-refractivity contribution in [1.82, 2.24) is 19.9 Å². The van der Waals surface area contributed by atoms with Crippen molar-refractivity contribution in [2.75, 3.05) is 48.9 Å². The first-order chi connectivity index (χ1) is 11.6. The molecule has 0 radical (unpaired) electrons. The quantitative estimate of drug-likeness (QED) is 0.821. The van der Waals surface area contributed by atoms with E-state index in [0.29, 0.717) is 23.6 Å². The van der Waals surface area contributed by atoms with Crippen LogP contribution in [-0.2, 0) is 0 Å². The molecule has 0 N–H and O–H groups in total. The Morgan fingerprint density at radius 2 is 1.96 bits per heavy atom. The molecule has 24 heavy (non-hydrogen) atoms. The molecule has 3 heterocycles. The summed E-state index contributed by atoms with van der Waals surface area (Å²) in [4.78, 5) is 23.6. The van der Waals surface area contributed by atoms with Gasteiger partial charge >= 0.3 is 0 Å². The van der Waals surface area contributed by atoms with Crippen LogP contribution < -0.4 is 14.7 Å². The van der Waals surface area contributed by atoms with Gasteiger partial charge in [-0.1, -0.05) is 0 Å². The molecular weight excluding hydrogens is 304 g/mol. The zero-order valence-corrected chi connectivity index (χ0v) is 14.1. The molecule has 1 atom stereocenters. The number of hydrogen-bond acceptors (Lipinski definition) is 8. The van der Waals surface area contributed by atoms with Crippen LogP contribution in [0.25, 0.3) is 0 Å². The second-order valence-electron chi connectivity index (χ2n) is 5.96. The Balaban J connectivity index is 1.73. The van der Waals surface area contributed by atoms with Crippen molar-refractivity contribution in [3.8, 4) is 6.07 Å². The summed E-state index contributed by atoms with van der Waals surface area (Å²) in [6.45, 7) is 1.65. The first-order valence-corrected chi connectivity index (χ1v) is 7.80. The molecule has 2 aromatic heterocycles. The summed E-state index contributed by atoms with van der Waals surface area (Å²) in [5, 5.41) is 8.98. The van der Waals surface area contributed by atoms with Crippen molar-refractivity contribution in [2.45, 2.75) is 12.5 Å². The Bertz CT molecular complexity index is 754. The average molecular weight is 324 g/mol. The highest BCUT2D eigenvalue weighted by Gasteiger charge is 2.28. The second kappa shape index (κ2) is 6.66. The number of hydrogen-bond donors (Lipinski definition) is 0. The van der Waals surface area contributed by atoms with Crippen LogP contribution in [0.3, 0.4) is 0 Å². The van der Waals surface area contributed by atoms with E-state index in [-0.39, 0.29) is 0 Å². The average Bonchev–Trinajstić information content (AvgIpc) is 3.11. The SMILES string of the molecule is CN(C)c1nccc(N(C)C2CCN(c3nccc(C#N)n3)C2)n1. The Morgan fingerprint density at radius 1 is 1.17 bits per heavy atom. The van der Waals surface area contributed by atoms with Gasteiger partial charge in [0.25, 0.3) is 0 Å². The highest BCUT2D eigenvalue weighted by Crippen LogP contribution is 2.23. The first-order valence-electron chi connectivity index (χ1n) is 7.80. The predicted octanol–water partition coefficient (Wildman–Crippen LogP) is 0.919.